The summed E-state index contributed by atoms with van der Waals surface area (Å²) in [4.78, 5) is 12.8. The van der Waals surface area contributed by atoms with Gasteiger partial charge >= 0.3 is 0 Å². The number of amides is 1. The molecule has 1 N–H and O–H groups in total. The Morgan fingerprint density at radius 3 is 2.42 bits per heavy atom. The van der Waals surface area contributed by atoms with E-state index in [4.69, 9.17) is 9.47 Å². The SMILES string of the molecule is CCC(NC(=O)CN(c1cccc(OC(C)C)c1)S(C)(=O)=O)c1ccc(OC)c(C)c1. The zero-order valence-corrected chi connectivity index (χ0v) is 19.8. The van der Waals surface area contributed by atoms with E-state index in [1.807, 2.05) is 45.9 Å². The molecule has 0 heterocycles. The van der Waals surface area contributed by atoms with Crippen molar-refractivity contribution >= 4 is 21.6 Å². The number of rotatable bonds is 10. The lowest BCUT2D eigenvalue weighted by atomic mass is 10.0. The van der Waals surface area contributed by atoms with Gasteiger partial charge in [-0.2, -0.15) is 0 Å². The van der Waals surface area contributed by atoms with Gasteiger partial charge in [0, 0.05) is 6.07 Å². The Kier molecular flexibility index (Phi) is 8.33. The summed E-state index contributed by atoms with van der Waals surface area (Å²) in [6.45, 7) is 7.36. The molecule has 0 spiro atoms. The van der Waals surface area contributed by atoms with E-state index in [9.17, 15) is 13.2 Å². The standard InChI is InChI=1S/C23H32N2O5S/c1-7-21(18-11-12-22(29-5)17(4)13-18)24-23(26)15-25(31(6,27)28)19-9-8-10-20(14-19)30-16(2)3/h8-14,16,21H,7,15H2,1-6H3,(H,24,26). The average Bonchev–Trinajstić information content (AvgIpc) is 2.69. The van der Waals surface area contributed by atoms with Crippen LogP contribution in [0.5, 0.6) is 11.5 Å². The topological polar surface area (TPSA) is 84.9 Å². The first-order chi connectivity index (χ1) is 14.5. The number of benzene rings is 2. The van der Waals surface area contributed by atoms with Crippen molar-refractivity contribution < 1.29 is 22.7 Å². The molecule has 1 unspecified atom stereocenters. The van der Waals surface area contributed by atoms with Crippen molar-refractivity contribution in [3.63, 3.8) is 0 Å². The number of methoxy groups -OCH3 is 1. The number of sulfonamides is 1. The van der Waals surface area contributed by atoms with Gasteiger partial charge in [-0.1, -0.05) is 25.1 Å². The van der Waals surface area contributed by atoms with Crippen LogP contribution in [0.15, 0.2) is 42.5 Å². The predicted molar refractivity (Wildman–Crippen MR) is 123 cm³/mol. The number of ether oxygens (including phenoxy) is 2. The van der Waals surface area contributed by atoms with Crippen LogP contribution < -0.4 is 19.1 Å². The van der Waals surface area contributed by atoms with Gasteiger partial charge < -0.3 is 14.8 Å². The molecule has 0 aliphatic rings. The van der Waals surface area contributed by atoms with Crippen LogP contribution in [0.3, 0.4) is 0 Å². The number of nitrogens with zero attached hydrogens (tertiary/aromatic N) is 1. The van der Waals surface area contributed by atoms with E-state index in [1.165, 1.54) is 0 Å². The van der Waals surface area contributed by atoms with Crippen molar-refractivity contribution in [3.8, 4) is 11.5 Å². The molecule has 0 aliphatic carbocycles. The Morgan fingerprint density at radius 1 is 1.16 bits per heavy atom. The van der Waals surface area contributed by atoms with Gasteiger partial charge in [0.15, 0.2) is 0 Å². The Bertz CT molecular complexity index is 1000. The summed E-state index contributed by atoms with van der Waals surface area (Å²) in [5.41, 5.74) is 2.28. The van der Waals surface area contributed by atoms with Gasteiger partial charge in [0.1, 0.15) is 18.0 Å². The van der Waals surface area contributed by atoms with Crippen LogP contribution in [0.25, 0.3) is 0 Å². The van der Waals surface area contributed by atoms with Gasteiger partial charge in [0.05, 0.1) is 31.2 Å². The fraction of sp³-hybridized carbons (Fsp3) is 0.435. The highest BCUT2D eigenvalue weighted by Crippen LogP contribution is 2.26. The minimum absolute atomic E-state index is 0.0523. The lowest BCUT2D eigenvalue weighted by Crippen LogP contribution is -2.41. The molecule has 2 aromatic carbocycles. The maximum atomic E-state index is 12.8. The van der Waals surface area contributed by atoms with E-state index >= 15 is 0 Å². The maximum Gasteiger partial charge on any atom is 0.241 e. The highest BCUT2D eigenvalue weighted by atomic mass is 32.2. The van der Waals surface area contributed by atoms with E-state index in [2.05, 4.69) is 5.32 Å². The number of nitrogens with one attached hydrogen (secondary N) is 1. The van der Waals surface area contributed by atoms with Crippen molar-refractivity contribution in [3.05, 3.63) is 53.6 Å². The van der Waals surface area contributed by atoms with Crippen molar-refractivity contribution in [1.29, 1.82) is 0 Å². The molecule has 0 aliphatic heterocycles. The molecule has 0 aromatic heterocycles. The Hall–Kier alpha value is -2.74. The molecule has 7 nitrogen and oxygen atoms in total. The molecule has 8 heteroatoms. The molecular weight excluding hydrogens is 416 g/mol. The third-order valence-electron chi connectivity index (χ3n) is 4.73. The normalized spacial score (nSPS) is 12.4. The second-order valence-corrected chi connectivity index (χ2v) is 9.60. The summed E-state index contributed by atoms with van der Waals surface area (Å²) in [5, 5.41) is 2.95. The summed E-state index contributed by atoms with van der Waals surface area (Å²) in [7, 11) is -2.07. The van der Waals surface area contributed by atoms with Gasteiger partial charge in [0.25, 0.3) is 0 Å². The first kappa shape index (κ1) is 24.5. The average molecular weight is 449 g/mol. The van der Waals surface area contributed by atoms with Gasteiger partial charge in [-0.15, -0.1) is 0 Å². The van der Waals surface area contributed by atoms with Gasteiger partial charge in [-0.3, -0.25) is 9.10 Å². The smallest absolute Gasteiger partial charge is 0.241 e. The van der Waals surface area contributed by atoms with Crippen LogP contribution in [0, 0.1) is 6.92 Å². The molecule has 1 atom stereocenters. The van der Waals surface area contributed by atoms with Gasteiger partial charge in [-0.05, 0) is 56.5 Å². The molecular formula is C23H32N2O5S. The maximum absolute atomic E-state index is 12.8. The predicted octanol–water partition coefficient (Wildman–Crippen LogP) is 3.82. The third kappa shape index (κ3) is 6.89. The fourth-order valence-electron chi connectivity index (χ4n) is 3.29. The molecule has 0 bridgehead atoms. The van der Waals surface area contributed by atoms with E-state index in [-0.39, 0.29) is 24.6 Å². The first-order valence-corrected chi connectivity index (χ1v) is 12.1. The van der Waals surface area contributed by atoms with Crippen molar-refractivity contribution in [2.24, 2.45) is 0 Å². The second-order valence-electron chi connectivity index (χ2n) is 7.69. The van der Waals surface area contributed by atoms with E-state index in [0.29, 0.717) is 17.9 Å². The summed E-state index contributed by atoms with van der Waals surface area (Å²) in [5.74, 6) is 0.930. The van der Waals surface area contributed by atoms with Crippen molar-refractivity contribution in [2.45, 2.75) is 46.3 Å². The van der Waals surface area contributed by atoms with Crippen LogP contribution >= 0.6 is 0 Å². The zero-order chi connectivity index (χ0) is 23.2. The van der Waals surface area contributed by atoms with Gasteiger partial charge in [0.2, 0.25) is 15.9 Å². The summed E-state index contributed by atoms with van der Waals surface area (Å²) < 4.78 is 36.9. The highest BCUT2D eigenvalue weighted by Gasteiger charge is 2.23. The molecule has 0 fully saturated rings. The highest BCUT2D eigenvalue weighted by molar-refractivity contribution is 7.92. The van der Waals surface area contributed by atoms with Crippen LogP contribution in [0.1, 0.15) is 44.4 Å². The summed E-state index contributed by atoms with van der Waals surface area (Å²) >= 11 is 0. The summed E-state index contributed by atoms with van der Waals surface area (Å²) in [6.07, 6.45) is 1.69. The molecule has 0 radical (unpaired) electrons. The van der Waals surface area contributed by atoms with Crippen LogP contribution in [0.4, 0.5) is 5.69 Å². The quantitative estimate of drug-likeness (QED) is 0.597. The second kappa shape index (κ2) is 10.5. The fourth-order valence-corrected chi connectivity index (χ4v) is 4.14. The Morgan fingerprint density at radius 2 is 1.87 bits per heavy atom. The Labute approximate surface area is 185 Å². The van der Waals surface area contributed by atoms with Crippen LogP contribution in [0.2, 0.25) is 0 Å². The zero-order valence-electron chi connectivity index (χ0n) is 19.0. The number of carbonyl (C=O) groups is 1. The van der Waals surface area contributed by atoms with E-state index in [1.54, 1.807) is 31.4 Å². The van der Waals surface area contributed by atoms with Crippen molar-refractivity contribution in [1.82, 2.24) is 5.32 Å². The number of aryl methyl sites for hydroxylation is 1. The van der Waals surface area contributed by atoms with E-state index < -0.39 is 10.0 Å². The van der Waals surface area contributed by atoms with Crippen LogP contribution in [-0.4, -0.2) is 40.3 Å². The van der Waals surface area contributed by atoms with Crippen molar-refractivity contribution in [2.75, 3.05) is 24.2 Å². The molecule has 2 rings (SSSR count). The molecule has 1 amide bonds. The molecule has 31 heavy (non-hydrogen) atoms. The molecule has 2 aromatic rings. The number of hydrogen-bond donors (Lipinski definition) is 1. The minimum Gasteiger partial charge on any atom is -0.496 e. The molecule has 170 valence electrons. The molecule has 0 saturated carbocycles. The number of carbonyl (C=O) groups excluding carboxylic acids is 1. The lowest BCUT2D eigenvalue weighted by Gasteiger charge is -2.25. The van der Waals surface area contributed by atoms with Crippen LogP contribution in [-0.2, 0) is 14.8 Å². The largest absolute Gasteiger partial charge is 0.496 e. The van der Waals surface area contributed by atoms with E-state index in [0.717, 1.165) is 27.4 Å². The number of hydrogen-bond acceptors (Lipinski definition) is 5. The van der Waals surface area contributed by atoms with Gasteiger partial charge in [-0.25, -0.2) is 8.42 Å². The first-order valence-electron chi connectivity index (χ1n) is 10.2. The minimum atomic E-state index is -3.68. The Balaban J connectivity index is 2.22. The molecule has 0 saturated heterocycles. The third-order valence-corrected chi connectivity index (χ3v) is 5.87. The number of anilines is 1. The lowest BCUT2D eigenvalue weighted by molar-refractivity contribution is -0.120. The summed E-state index contributed by atoms with van der Waals surface area (Å²) in [6, 6.07) is 12.2. The monoisotopic (exact) mass is 448 g/mol.